The molecule has 266 valence electrons. The molecule has 2 aromatic rings. The number of nitrogens with two attached hydrogens (primary N) is 1. The highest BCUT2D eigenvalue weighted by Gasteiger charge is 2.30. The van der Waals surface area contributed by atoms with Crippen LogP contribution in [0.15, 0.2) is 34.1 Å². The molecule has 12 heteroatoms. The van der Waals surface area contributed by atoms with Crippen LogP contribution < -0.4 is 11.1 Å². The summed E-state index contributed by atoms with van der Waals surface area (Å²) in [6.07, 6.45) is 2.92. The number of unbranched alkanes of at least 4 members (excludes halogenated alkanes) is 3. The van der Waals surface area contributed by atoms with Crippen molar-refractivity contribution in [1.29, 1.82) is 0 Å². The van der Waals surface area contributed by atoms with Gasteiger partial charge < -0.3 is 15.8 Å². The minimum Gasteiger partial charge on any atom is -0.444 e. The van der Waals surface area contributed by atoms with Gasteiger partial charge in [0.25, 0.3) is 0 Å². The van der Waals surface area contributed by atoms with Gasteiger partial charge in [-0.25, -0.2) is 21.6 Å². The average Bonchev–Trinajstić information content (AvgIpc) is 2.90. The topological polar surface area (TPSA) is 139 Å². The summed E-state index contributed by atoms with van der Waals surface area (Å²) >= 11 is 0. The van der Waals surface area contributed by atoms with E-state index >= 15 is 0 Å². The maximum atomic E-state index is 14.1. The molecule has 0 radical (unpaired) electrons. The van der Waals surface area contributed by atoms with Crippen LogP contribution in [0.25, 0.3) is 0 Å². The molecule has 0 aromatic heterocycles. The number of nitrogens with one attached hydrogen (secondary N) is 1. The van der Waals surface area contributed by atoms with Crippen LogP contribution in [-0.2, 0) is 24.8 Å². The predicted molar refractivity (Wildman–Crippen MR) is 190 cm³/mol. The fourth-order valence-corrected chi connectivity index (χ4v) is 9.89. The van der Waals surface area contributed by atoms with E-state index in [1.807, 2.05) is 65.8 Å². The normalized spacial score (nSPS) is 12.6. The van der Waals surface area contributed by atoms with E-state index in [2.05, 4.69) is 5.32 Å². The maximum Gasteiger partial charge on any atom is 0.407 e. The Kier molecular flexibility index (Phi) is 15.4. The average molecular weight is 695 g/mol. The van der Waals surface area contributed by atoms with Gasteiger partial charge in [-0.15, -0.1) is 0 Å². The maximum absolute atomic E-state index is 14.1. The molecular weight excluding hydrogens is 637 g/mol. The molecule has 0 unspecified atom stereocenters. The highest BCUT2D eigenvalue weighted by atomic mass is 32.2. The molecule has 0 bridgehead atoms. The number of carbonyl (C=O) groups excluding carboxylic acids is 1. The summed E-state index contributed by atoms with van der Waals surface area (Å²) < 4.78 is 64.4. The molecule has 2 rings (SSSR count). The van der Waals surface area contributed by atoms with E-state index in [4.69, 9.17) is 10.5 Å². The van der Waals surface area contributed by atoms with Crippen molar-refractivity contribution < 1.29 is 26.4 Å². The van der Waals surface area contributed by atoms with Crippen LogP contribution in [0.3, 0.4) is 0 Å². The second kappa shape index (κ2) is 17.8. The smallest absolute Gasteiger partial charge is 0.407 e. The molecule has 10 nitrogen and oxygen atoms in total. The van der Waals surface area contributed by atoms with Crippen molar-refractivity contribution in [3.63, 3.8) is 0 Å². The van der Waals surface area contributed by atoms with Gasteiger partial charge in [0.15, 0.2) is 0 Å². The first kappa shape index (κ1) is 40.7. The summed E-state index contributed by atoms with van der Waals surface area (Å²) in [5.41, 5.74) is 9.94. The first-order valence-corrected chi connectivity index (χ1v) is 19.5. The molecule has 0 aliphatic heterocycles. The summed E-state index contributed by atoms with van der Waals surface area (Å²) in [4.78, 5) is 12.7. The lowest BCUT2D eigenvalue weighted by molar-refractivity contribution is 0.0526. The number of hydrogen-bond donors (Lipinski definition) is 2. The van der Waals surface area contributed by atoms with Crippen LogP contribution in [0.4, 0.5) is 4.79 Å². The number of ether oxygens (including phenoxy) is 1. The molecule has 0 atom stereocenters. The molecule has 0 spiro atoms. The Morgan fingerprint density at radius 2 is 1.00 bits per heavy atom. The summed E-state index contributed by atoms with van der Waals surface area (Å²) in [6.45, 7) is 18.5. The summed E-state index contributed by atoms with van der Waals surface area (Å²) in [5, 5.41) is 2.73. The van der Waals surface area contributed by atoms with E-state index in [1.54, 1.807) is 20.8 Å². The van der Waals surface area contributed by atoms with Crippen LogP contribution >= 0.6 is 0 Å². The van der Waals surface area contributed by atoms with Crippen molar-refractivity contribution in [2.45, 2.75) is 116 Å². The molecule has 0 heterocycles. The van der Waals surface area contributed by atoms with Crippen molar-refractivity contribution >= 4 is 26.1 Å². The minimum atomic E-state index is -3.84. The van der Waals surface area contributed by atoms with Crippen LogP contribution in [0.2, 0.25) is 0 Å². The Balaban J connectivity index is 2.22. The van der Waals surface area contributed by atoms with Gasteiger partial charge in [0.05, 0.1) is 9.79 Å². The molecule has 2 aromatic carbocycles. The van der Waals surface area contributed by atoms with Crippen LogP contribution in [0.1, 0.15) is 92.7 Å². The summed E-state index contributed by atoms with van der Waals surface area (Å²) in [5.74, 6) is 0. The van der Waals surface area contributed by atoms with E-state index in [9.17, 15) is 21.6 Å². The zero-order chi connectivity index (χ0) is 35.6. The lowest BCUT2D eigenvalue weighted by Crippen LogP contribution is -2.36. The highest BCUT2D eigenvalue weighted by Crippen LogP contribution is 2.28. The van der Waals surface area contributed by atoms with Gasteiger partial charge in [0.2, 0.25) is 20.0 Å². The quantitative estimate of drug-likeness (QED) is 0.181. The van der Waals surface area contributed by atoms with Crippen LogP contribution in [-0.4, -0.2) is 76.4 Å². The standard InChI is InChI=1S/C35H58N4O6S2/c1-26-22-28(3)32(29(4)23-26)46(41,42)38(18-12-10-16-36)20-14-15-21-39(19-13-11-17-37-34(40)45-35(7,8)9)47(43,44)33-30(5)24-27(2)25-31(33)6/h22-25H,10-21,36H2,1-9H3,(H,37,40). The molecule has 0 fully saturated rings. The Morgan fingerprint density at radius 1 is 0.660 bits per heavy atom. The van der Waals surface area contributed by atoms with Crippen molar-refractivity contribution in [3.8, 4) is 0 Å². The number of sulfonamides is 2. The number of rotatable bonds is 18. The monoisotopic (exact) mass is 694 g/mol. The van der Waals surface area contributed by atoms with Crippen molar-refractivity contribution in [2.75, 3.05) is 39.3 Å². The Morgan fingerprint density at radius 3 is 1.34 bits per heavy atom. The fourth-order valence-electron chi connectivity index (χ4n) is 6.04. The minimum absolute atomic E-state index is 0.244. The van der Waals surface area contributed by atoms with Crippen molar-refractivity contribution in [3.05, 3.63) is 57.6 Å². The van der Waals surface area contributed by atoms with Gasteiger partial charge in [0.1, 0.15) is 5.60 Å². The summed E-state index contributed by atoms with van der Waals surface area (Å²) in [6, 6.07) is 7.53. The van der Waals surface area contributed by atoms with Crippen LogP contribution in [0.5, 0.6) is 0 Å². The zero-order valence-corrected chi connectivity index (χ0v) is 31.7. The molecule has 0 aliphatic rings. The SMILES string of the molecule is Cc1cc(C)c(S(=O)(=O)N(CCCCN)CCCCN(CCCCNC(=O)OC(C)(C)C)S(=O)(=O)c2c(C)cc(C)cc2C)c(C)c1. The summed E-state index contributed by atoms with van der Waals surface area (Å²) in [7, 11) is -7.61. The molecule has 1 amide bonds. The van der Waals surface area contributed by atoms with E-state index in [-0.39, 0.29) is 19.6 Å². The number of amides is 1. The van der Waals surface area contributed by atoms with Gasteiger partial charge in [0, 0.05) is 32.7 Å². The number of nitrogens with zero attached hydrogens (tertiary/aromatic N) is 2. The largest absolute Gasteiger partial charge is 0.444 e. The van der Waals surface area contributed by atoms with E-state index < -0.39 is 31.7 Å². The van der Waals surface area contributed by atoms with E-state index in [0.29, 0.717) is 90.2 Å². The van der Waals surface area contributed by atoms with Crippen molar-refractivity contribution in [1.82, 2.24) is 13.9 Å². The molecule has 47 heavy (non-hydrogen) atoms. The van der Waals surface area contributed by atoms with Gasteiger partial charge in [-0.2, -0.15) is 8.61 Å². The molecule has 3 N–H and O–H groups in total. The Hall–Kier alpha value is -2.51. The third kappa shape index (κ3) is 12.2. The second-order valence-electron chi connectivity index (χ2n) is 13.6. The first-order valence-electron chi connectivity index (χ1n) is 16.6. The first-order chi connectivity index (χ1) is 21.8. The van der Waals surface area contributed by atoms with Gasteiger partial charge in [-0.05, 0) is 130 Å². The molecule has 0 aliphatic carbocycles. The van der Waals surface area contributed by atoms with Crippen LogP contribution in [0, 0.1) is 41.5 Å². The lowest BCUT2D eigenvalue weighted by Gasteiger charge is -2.26. The number of alkyl carbamates (subject to hydrolysis) is 1. The lowest BCUT2D eigenvalue weighted by atomic mass is 10.1. The Bertz CT molecular complexity index is 1520. The van der Waals surface area contributed by atoms with E-state index in [1.165, 1.54) is 8.61 Å². The number of aryl methyl sites for hydroxylation is 6. The number of hydrogen-bond acceptors (Lipinski definition) is 7. The fraction of sp³-hybridized carbons (Fsp3) is 0.629. The van der Waals surface area contributed by atoms with Gasteiger partial charge in [-0.1, -0.05) is 35.4 Å². The third-order valence-corrected chi connectivity index (χ3v) is 12.2. The third-order valence-electron chi connectivity index (χ3n) is 7.83. The van der Waals surface area contributed by atoms with Gasteiger partial charge >= 0.3 is 6.09 Å². The van der Waals surface area contributed by atoms with Crippen molar-refractivity contribution in [2.24, 2.45) is 5.73 Å². The van der Waals surface area contributed by atoms with E-state index in [0.717, 1.165) is 11.1 Å². The molecule has 0 saturated heterocycles. The zero-order valence-electron chi connectivity index (χ0n) is 30.0. The highest BCUT2D eigenvalue weighted by molar-refractivity contribution is 7.89. The Labute approximate surface area is 284 Å². The second-order valence-corrected chi connectivity index (χ2v) is 17.4. The number of carbonyl (C=O) groups is 1. The number of benzene rings is 2. The molecular formula is C35H58N4O6S2. The van der Waals surface area contributed by atoms with Gasteiger partial charge in [-0.3, -0.25) is 0 Å². The molecule has 0 saturated carbocycles. The predicted octanol–water partition coefficient (Wildman–Crippen LogP) is 6.04.